The zero-order chi connectivity index (χ0) is 16.9. The summed E-state index contributed by atoms with van der Waals surface area (Å²) in [6.07, 6.45) is 5.72. The predicted molar refractivity (Wildman–Crippen MR) is 91.0 cm³/mol. The van der Waals surface area contributed by atoms with Crippen molar-refractivity contribution in [1.82, 2.24) is 9.97 Å². The van der Waals surface area contributed by atoms with Gasteiger partial charge in [-0.05, 0) is 37.7 Å². The summed E-state index contributed by atoms with van der Waals surface area (Å²) in [5, 5.41) is 9.16. The zero-order valence-corrected chi connectivity index (χ0v) is 14.2. The fraction of sp³-hybridized carbons (Fsp3) is 0.529. The van der Waals surface area contributed by atoms with Gasteiger partial charge in [-0.2, -0.15) is 5.26 Å². The predicted octanol–water partition coefficient (Wildman–Crippen LogP) is 2.64. The lowest BCUT2D eigenvalue weighted by Gasteiger charge is -2.09. The minimum Gasteiger partial charge on any atom is -0.466 e. The molecule has 1 aliphatic carbocycles. The first kappa shape index (κ1) is 16.7. The quantitative estimate of drug-likeness (QED) is 0.641. The van der Waals surface area contributed by atoms with Crippen LogP contribution in [-0.2, 0) is 28.8 Å². The van der Waals surface area contributed by atoms with Gasteiger partial charge in [-0.15, -0.1) is 11.3 Å². The topological polar surface area (TPSA) is 95.8 Å². The van der Waals surface area contributed by atoms with Crippen LogP contribution in [0.2, 0.25) is 0 Å². The molecule has 1 N–H and O–H groups in total. The third kappa shape index (κ3) is 3.65. The Morgan fingerprint density at radius 2 is 2.21 bits per heavy atom. The van der Waals surface area contributed by atoms with Gasteiger partial charge in [-0.1, -0.05) is 0 Å². The molecular formula is C17H19N3O3S. The lowest BCUT2D eigenvalue weighted by atomic mass is 9.97. The number of thiophene rings is 1. The van der Waals surface area contributed by atoms with Crippen molar-refractivity contribution in [3.8, 4) is 6.07 Å². The van der Waals surface area contributed by atoms with Crippen molar-refractivity contribution in [2.75, 3.05) is 6.61 Å². The molecule has 1 aliphatic rings. The number of rotatable bonds is 6. The summed E-state index contributed by atoms with van der Waals surface area (Å²) in [5.74, 6) is 0.196. The number of hydrogen-bond acceptors (Lipinski definition) is 6. The molecule has 126 valence electrons. The lowest BCUT2D eigenvalue weighted by molar-refractivity contribution is -0.143. The van der Waals surface area contributed by atoms with Crippen molar-refractivity contribution in [3.63, 3.8) is 0 Å². The van der Waals surface area contributed by atoms with E-state index in [1.165, 1.54) is 16.9 Å². The Morgan fingerprint density at radius 3 is 3.04 bits per heavy atom. The van der Waals surface area contributed by atoms with E-state index in [1.54, 1.807) is 11.3 Å². The minimum atomic E-state index is -0.332. The van der Waals surface area contributed by atoms with E-state index in [2.05, 4.69) is 9.97 Å². The highest BCUT2D eigenvalue weighted by atomic mass is 32.1. The highest BCUT2D eigenvalue weighted by molar-refractivity contribution is 7.18. The second kappa shape index (κ2) is 7.58. The van der Waals surface area contributed by atoms with Crippen LogP contribution in [0.5, 0.6) is 0 Å². The number of aromatic amines is 1. The molecule has 0 aliphatic heterocycles. The Morgan fingerprint density at radius 1 is 1.38 bits per heavy atom. The van der Waals surface area contributed by atoms with Gasteiger partial charge in [0.15, 0.2) is 0 Å². The maximum Gasteiger partial charge on any atom is 0.306 e. The molecule has 0 radical (unpaired) electrons. The average molecular weight is 345 g/mol. The van der Waals surface area contributed by atoms with Gasteiger partial charge in [0.2, 0.25) is 0 Å². The molecule has 0 fully saturated rings. The molecule has 2 aromatic heterocycles. The second-order valence-corrected chi connectivity index (χ2v) is 6.97. The minimum absolute atomic E-state index is 0.100. The third-order valence-electron chi connectivity index (χ3n) is 4.14. The molecule has 0 amide bonds. The summed E-state index contributed by atoms with van der Waals surface area (Å²) in [6.45, 7) is 0.257. The highest BCUT2D eigenvalue weighted by Gasteiger charge is 2.19. The van der Waals surface area contributed by atoms with E-state index >= 15 is 0 Å². The van der Waals surface area contributed by atoms with Crippen LogP contribution in [0.4, 0.5) is 0 Å². The van der Waals surface area contributed by atoms with Crippen LogP contribution in [0.3, 0.4) is 0 Å². The molecule has 0 bridgehead atoms. The van der Waals surface area contributed by atoms with Gasteiger partial charge >= 0.3 is 5.97 Å². The van der Waals surface area contributed by atoms with Crippen LogP contribution in [0.25, 0.3) is 10.2 Å². The molecule has 3 rings (SSSR count). The first-order chi connectivity index (χ1) is 11.7. The van der Waals surface area contributed by atoms with Crippen LogP contribution in [-0.4, -0.2) is 22.5 Å². The monoisotopic (exact) mass is 345 g/mol. The maximum absolute atomic E-state index is 12.4. The summed E-state index contributed by atoms with van der Waals surface area (Å²) >= 11 is 1.60. The third-order valence-corrected chi connectivity index (χ3v) is 5.32. The summed E-state index contributed by atoms with van der Waals surface area (Å²) in [6, 6.07) is 2.00. The Bertz CT molecular complexity index is 847. The number of aryl methyl sites for hydroxylation is 3. The average Bonchev–Trinajstić information content (AvgIpc) is 2.95. The van der Waals surface area contributed by atoms with Crippen molar-refractivity contribution in [1.29, 1.82) is 5.26 Å². The molecule has 0 spiro atoms. The van der Waals surface area contributed by atoms with Crippen LogP contribution >= 0.6 is 11.3 Å². The van der Waals surface area contributed by atoms with Gasteiger partial charge in [0.1, 0.15) is 10.7 Å². The number of H-pyrrole nitrogens is 1. The van der Waals surface area contributed by atoms with Gasteiger partial charge in [0.05, 0.1) is 24.5 Å². The first-order valence-corrected chi connectivity index (χ1v) is 9.06. The molecule has 2 aromatic rings. The first-order valence-electron chi connectivity index (χ1n) is 8.25. The van der Waals surface area contributed by atoms with Crippen LogP contribution < -0.4 is 5.56 Å². The zero-order valence-electron chi connectivity index (χ0n) is 13.4. The number of esters is 1. The largest absolute Gasteiger partial charge is 0.466 e. The molecule has 0 saturated carbocycles. The summed E-state index contributed by atoms with van der Waals surface area (Å²) in [5.41, 5.74) is 1.07. The molecule has 0 aromatic carbocycles. The molecule has 0 atom stereocenters. The Kier molecular flexibility index (Phi) is 5.26. The number of carbonyl (C=O) groups excluding carboxylic acids is 1. The van der Waals surface area contributed by atoms with Gasteiger partial charge < -0.3 is 9.72 Å². The van der Waals surface area contributed by atoms with Gasteiger partial charge in [0.25, 0.3) is 5.56 Å². The van der Waals surface area contributed by atoms with E-state index in [4.69, 9.17) is 10.00 Å². The molecule has 0 saturated heterocycles. The van der Waals surface area contributed by atoms with Gasteiger partial charge in [-0.25, -0.2) is 4.98 Å². The number of nitriles is 1. The lowest BCUT2D eigenvalue weighted by Crippen LogP contribution is -2.14. The van der Waals surface area contributed by atoms with E-state index in [1.807, 2.05) is 6.07 Å². The molecular weight excluding hydrogens is 326 g/mol. The van der Waals surface area contributed by atoms with E-state index in [0.29, 0.717) is 25.1 Å². The van der Waals surface area contributed by atoms with Crippen LogP contribution in [0, 0.1) is 11.3 Å². The molecule has 0 unspecified atom stereocenters. The highest BCUT2D eigenvalue weighted by Crippen LogP contribution is 2.33. The van der Waals surface area contributed by atoms with Gasteiger partial charge in [0, 0.05) is 17.7 Å². The van der Waals surface area contributed by atoms with E-state index < -0.39 is 0 Å². The van der Waals surface area contributed by atoms with Crippen molar-refractivity contribution in [2.24, 2.45) is 0 Å². The van der Waals surface area contributed by atoms with Gasteiger partial charge in [-0.3, -0.25) is 9.59 Å². The van der Waals surface area contributed by atoms with E-state index in [-0.39, 0.29) is 24.6 Å². The Balaban J connectivity index is 1.67. The molecule has 6 nitrogen and oxygen atoms in total. The summed E-state index contributed by atoms with van der Waals surface area (Å²) in [4.78, 5) is 33.5. The number of fused-ring (bicyclic) bond motifs is 3. The summed E-state index contributed by atoms with van der Waals surface area (Å²) in [7, 11) is 0. The standard InChI is InChI=1S/C17H19N3O3S/c18-9-3-4-10-23-14(21)8-7-13-19-16(22)15-11-5-1-2-6-12(11)24-17(15)20-13/h1-8,10H2,(H,19,20,22). The van der Waals surface area contributed by atoms with E-state index in [9.17, 15) is 9.59 Å². The molecule has 24 heavy (non-hydrogen) atoms. The number of ether oxygens (including phenoxy) is 1. The van der Waals surface area contributed by atoms with Crippen molar-refractivity contribution < 1.29 is 9.53 Å². The smallest absolute Gasteiger partial charge is 0.306 e. The van der Waals surface area contributed by atoms with Crippen molar-refractivity contribution in [2.45, 2.75) is 51.4 Å². The molecule has 2 heterocycles. The van der Waals surface area contributed by atoms with E-state index in [0.717, 1.165) is 29.5 Å². The number of unbranched alkanes of at least 4 members (excludes halogenated alkanes) is 1. The molecule has 7 heteroatoms. The Labute approximate surface area is 143 Å². The number of carbonyl (C=O) groups is 1. The fourth-order valence-corrected chi connectivity index (χ4v) is 4.24. The van der Waals surface area contributed by atoms with Crippen LogP contribution in [0.1, 0.15) is 48.4 Å². The second-order valence-electron chi connectivity index (χ2n) is 5.89. The number of nitrogens with one attached hydrogen (secondary N) is 1. The van der Waals surface area contributed by atoms with Crippen molar-refractivity contribution in [3.05, 3.63) is 26.6 Å². The maximum atomic E-state index is 12.4. The Hall–Kier alpha value is -2.20. The number of nitrogens with zero attached hydrogens (tertiary/aromatic N) is 2. The fourth-order valence-electron chi connectivity index (χ4n) is 2.96. The number of hydrogen-bond donors (Lipinski definition) is 1. The SMILES string of the molecule is N#CCCCOC(=O)CCc1nc2sc3c(c2c(=O)[nH]1)CCCC3. The van der Waals surface area contributed by atoms with Crippen LogP contribution in [0.15, 0.2) is 4.79 Å². The normalized spacial score (nSPS) is 13.5. The summed E-state index contributed by atoms with van der Waals surface area (Å²) < 4.78 is 5.04. The van der Waals surface area contributed by atoms with Crippen molar-refractivity contribution >= 4 is 27.5 Å². The number of aromatic nitrogens is 2.